The van der Waals surface area contributed by atoms with Crippen molar-refractivity contribution >= 4 is 27.6 Å². The van der Waals surface area contributed by atoms with E-state index in [4.69, 9.17) is 4.74 Å². The van der Waals surface area contributed by atoms with Crippen LogP contribution in [0.1, 0.15) is 46.0 Å². The van der Waals surface area contributed by atoms with Crippen molar-refractivity contribution in [2.45, 2.75) is 37.7 Å². The van der Waals surface area contributed by atoms with Gasteiger partial charge in [-0.25, -0.2) is 13.2 Å². The first-order chi connectivity index (χ1) is 16.8. The molecule has 35 heavy (non-hydrogen) atoms. The van der Waals surface area contributed by atoms with Crippen molar-refractivity contribution in [2.24, 2.45) is 0 Å². The largest absolute Gasteiger partial charge is 0.444 e. The summed E-state index contributed by atoms with van der Waals surface area (Å²) in [5.41, 5.74) is 3.20. The second-order valence-corrected chi connectivity index (χ2v) is 10.6. The number of sulfonamides is 1. The van der Waals surface area contributed by atoms with Crippen LogP contribution < -0.4 is 5.32 Å². The van der Waals surface area contributed by atoms with Crippen LogP contribution in [0.5, 0.6) is 0 Å². The van der Waals surface area contributed by atoms with Crippen molar-refractivity contribution in [2.75, 3.05) is 18.4 Å². The highest BCUT2D eigenvalue weighted by Gasteiger charge is 2.29. The highest BCUT2D eigenvalue weighted by atomic mass is 32.2. The number of ether oxygens (including phenoxy) is 1. The Kier molecular flexibility index (Phi) is 7.33. The van der Waals surface area contributed by atoms with Gasteiger partial charge in [0.05, 0.1) is 10.5 Å². The molecule has 1 atom stereocenters. The number of carbonyl (C=O) groups is 2. The molecule has 0 aliphatic carbocycles. The summed E-state index contributed by atoms with van der Waals surface area (Å²) >= 11 is 0. The Morgan fingerprint density at radius 1 is 0.914 bits per heavy atom. The van der Waals surface area contributed by atoms with Crippen LogP contribution in [0.2, 0.25) is 0 Å². The molecule has 0 unspecified atom stereocenters. The van der Waals surface area contributed by atoms with Gasteiger partial charge in [0, 0.05) is 24.3 Å². The average Bonchev–Trinajstić information content (AvgIpc) is 3.41. The van der Waals surface area contributed by atoms with E-state index in [1.165, 1.54) is 28.6 Å². The molecule has 1 fully saturated rings. The number of benzene rings is 3. The minimum atomic E-state index is -3.59. The molecule has 1 aliphatic rings. The van der Waals surface area contributed by atoms with Crippen LogP contribution in [0.3, 0.4) is 0 Å². The van der Waals surface area contributed by atoms with E-state index < -0.39 is 28.0 Å². The number of anilines is 1. The third-order valence-electron chi connectivity index (χ3n) is 6.01. The number of rotatable bonds is 7. The van der Waals surface area contributed by atoms with Gasteiger partial charge in [-0.1, -0.05) is 42.5 Å². The van der Waals surface area contributed by atoms with Gasteiger partial charge in [-0.15, -0.1) is 0 Å². The molecule has 0 saturated carbocycles. The predicted molar refractivity (Wildman–Crippen MR) is 134 cm³/mol. The normalized spacial score (nSPS) is 14.9. The van der Waals surface area contributed by atoms with E-state index in [2.05, 4.69) is 5.32 Å². The number of hydrogen-bond donors (Lipinski definition) is 1. The lowest BCUT2D eigenvalue weighted by atomic mass is 10.1. The van der Waals surface area contributed by atoms with Crippen molar-refractivity contribution in [3.8, 4) is 0 Å². The van der Waals surface area contributed by atoms with Gasteiger partial charge in [0.2, 0.25) is 16.1 Å². The molecule has 1 amide bonds. The number of carbonyl (C=O) groups excluding carboxylic acids is 2. The molecule has 0 aromatic heterocycles. The van der Waals surface area contributed by atoms with Crippen LogP contribution in [0.15, 0.2) is 77.7 Å². The van der Waals surface area contributed by atoms with E-state index in [1.807, 2.05) is 38.1 Å². The Balaban J connectivity index is 1.54. The fourth-order valence-corrected chi connectivity index (χ4v) is 5.50. The van der Waals surface area contributed by atoms with E-state index in [0.717, 1.165) is 24.0 Å². The molecular weight excluding hydrogens is 464 g/mol. The van der Waals surface area contributed by atoms with Crippen molar-refractivity contribution in [1.82, 2.24) is 4.31 Å². The van der Waals surface area contributed by atoms with Gasteiger partial charge in [0.15, 0.2) is 0 Å². The Bertz CT molecular complexity index is 1320. The molecule has 1 saturated heterocycles. The number of amides is 1. The van der Waals surface area contributed by atoms with Gasteiger partial charge in [0.25, 0.3) is 5.91 Å². The smallest absolute Gasteiger partial charge is 0.339 e. The molecule has 8 heteroatoms. The zero-order chi connectivity index (χ0) is 25.0. The fraction of sp³-hybridized carbons (Fsp3) is 0.259. The minimum Gasteiger partial charge on any atom is -0.444 e. The Hall–Kier alpha value is -3.49. The minimum absolute atomic E-state index is 0.128. The summed E-state index contributed by atoms with van der Waals surface area (Å²) in [6.45, 7) is 4.81. The molecule has 1 heterocycles. The lowest BCUT2D eigenvalue weighted by Crippen LogP contribution is -2.28. The van der Waals surface area contributed by atoms with Crippen molar-refractivity contribution in [3.63, 3.8) is 0 Å². The lowest BCUT2D eigenvalue weighted by Gasteiger charge is -2.19. The Morgan fingerprint density at radius 3 is 2.23 bits per heavy atom. The van der Waals surface area contributed by atoms with Crippen LogP contribution in [0.25, 0.3) is 0 Å². The van der Waals surface area contributed by atoms with Gasteiger partial charge in [-0.3, -0.25) is 4.79 Å². The first-order valence-electron chi connectivity index (χ1n) is 11.5. The second kappa shape index (κ2) is 10.4. The molecule has 3 aromatic rings. The first kappa shape index (κ1) is 24.6. The summed E-state index contributed by atoms with van der Waals surface area (Å²) < 4.78 is 32.6. The van der Waals surface area contributed by atoms with Crippen LogP contribution >= 0.6 is 0 Å². The zero-order valence-electron chi connectivity index (χ0n) is 19.7. The lowest BCUT2D eigenvalue weighted by molar-refractivity contribution is -0.125. The molecule has 0 bridgehead atoms. The van der Waals surface area contributed by atoms with Gasteiger partial charge < -0.3 is 10.1 Å². The summed E-state index contributed by atoms with van der Waals surface area (Å²) in [7, 11) is -3.59. The summed E-state index contributed by atoms with van der Waals surface area (Å²) in [4.78, 5) is 26.3. The van der Waals surface area contributed by atoms with E-state index in [-0.39, 0.29) is 10.5 Å². The predicted octanol–water partition coefficient (Wildman–Crippen LogP) is 4.62. The molecule has 1 aliphatic heterocycles. The summed E-state index contributed by atoms with van der Waals surface area (Å²) in [5, 5.41) is 2.87. The van der Waals surface area contributed by atoms with Gasteiger partial charge in [-0.2, -0.15) is 4.31 Å². The number of hydrogen-bond acceptors (Lipinski definition) is 5. The highest BCUT2D eigenvalue weighted by Crippen LogP contribution is 2.25. The Labute approximate surface area is 205 Å². The molecule has 4 rings (SSSR count). The maximum absolute atomic E-state index is 13.2. The van der Waals surface area contributed by atoms with E-state index in [9.17, 15) is 18.0 Å². The molecule has 1 N–H and O–H groups in total. The fourth-order valence-electron chi connectivity index (χ4n) is 3.99. The quantitative estimate of drug-likeness (QED) is 0.486. The van der Waals surface area contributed by atoms with E-state index in [1.54, 1.807) is 24.3 Å². The van der Waals surface area contributed by atoms with E-state index in [0.29, 0.717) is 24.3 Å². The second-order valence-electron chi connectivity index (χ2n) is 8.64. The molecule has 182 valence electrons. The molecule has 7 nitrogen and oxygen atoms in total. The third-order valence-corrected chi connectivity index (χ3v) is 7.92. The maximum atomic E-state index is 13.2. The van der Waals surface area contributed by atoms with E-state index >= 15 is 0 Å². The van der Waals surface area contributed by atoms with Crippen LogP contribution in [-0.2, 0) is 19.6 Å². The molecule has 3 aromatic carbocycles. The highest BCUT2D eigenvalue weighted by molar-refractivity contribution is 7.89. The standard InChI is InChI=1S/C27H28N2O5S/c1-19-10-11-20(2)24(18-19)28-26(30)25(21-8-4-3-5-9-21)34-27(31)22-12-14-23(15-13-22)35(32,33)29-16-6-7-17-29/h3-5,8-15,18,25H,6-7,16-17H2,1-2H3,(H,28,30)/t25-/m0/s1. The molecule has 0 spiro atoms. The van der Waals surface area contributed by atoms with Gasteiger partial charge in [0.1, 0.15) is 0 Å². The van der Waals surface area contributed by atoms with Crippen molar-refractivity contribution in [3.05, 3.63) is 95.1 Å². The molecular formula is C27H28N2O5S. The van der Waals surface area contributed by atoms with Crippen molar-refractivity contribution in [1.29, 1.82) is 0 Å². The van der Waals surface area contributed by atoms with Gasteiger partial charge >= 0.3 is 5.97 Å². The van der Waals surface area contributed by atoms with Gasteiger partial charge in [-0.05, 0) is 68.1 Å². The SMILES string of the molecule is Cc1ccc(C)c(NC(=O)[C@@H](OC(=O)c2ccc(S(=O)(=O)N3CCCC3)cc2)c2ccccc2)c1. The number of esters is 1. The van der Waals surface area contributed by atoms with Crippen molar-refractivity contribution < 1.29 is 22.7 Å². The first-order valence-corrected chi connectivity index (χ1v) is 12.9. The third kappa shape index (κ3) is 5.61. The maximum Gasteiger partial charge on any atom is 0.339 e. The average molecular weight is 493 g/mol. The summed E-state index contributed by atoms with van der Waals surface area (Å²) in [6, 6.07) is 20.1. The van der Waals surface area contributed by atoms with Crippen LogP contribution in [0.4, 0.5) is 5.69 Å². The van der Waals surface area contributed by atoms with Crippen LogP contribution in [0, 0.1) is 13.8 Å². The zero-order valence-corrected chi connectivity index (χ0v) is 20.5. The monoisotopic (exact) mass is 492 g/mol. The number of aryl methyl sites for hydroxylation is 2. The number of nitrogens with one attached hydrogen (secondary N) is 1. The Morgan fingerprint density at radius 2 is 1.57 bits per heavy atom. The summed E-state index contributed by atoms with van der Waals surface area (Å²) in [5.74, 6) is -1.20. The molecule has 0 radical (unpaired) electrons. The summed E-state index contributed by atoms with van der Waals surface area (Å²) in [6.07, 6.45) is 0.500. The topological polar surface area (TPSA) is 92.8 Å². The number of nitrogens with zero attached hydrogens (tertiary/aromatic N) is 1. The van der Waals surface area contributed by atoms with Crippen LogP contribution in [-0.4, -0.2) is 37.7 Å².